The third-order valence-corrected chi connectivity index (χ3v) is 2.79. The van der Waals surface area contributed by atoms with E-state index in [0.717, 1.165) is 0 Å². The van der Waals surface area contributed by atoms with E-state index in [9.17, 15) is 13.6 Å². The minimum atomic E-state index is -0.616. The van der Waals surface area contributed by atoms with Gasteiger partial charge in [-0.2, -0.15) is 0 Å². The Morgan fingerprint density at radius 3 is 2.62 bits per heavy atom. The zero-order valence-corrected chi connectivity index (χ0v) is 11.4. The van der Waals surface area contributed by atoms with E-state index in [0.29, 0.717) is 0 Å². The van der Waals surface area contributed by atoms with Crippen LogP contribution in [0.4, 0.5) is 8.78 Å². The monoisotopic (exact) mass is 292 g/mol. The molecule has 0 atom stereocenters. The molecule has 0 saturated heterocycles. The summed E-state index contributed by atoms with van der Waals surface area (Å²) in [6, 6.07) is 9.61. The van der Waals surface area contributed by atoms with Gasteiger partial charge in [-0.15, -0.1) is 0 Å². The highest BCUT2D eigenvalue weighted by molar-refractivity contribution is 5.91. The molecule has 0 saturated carbocycles. The minimum Gasteiger partial charge on any atom is -0.489 e. The van der Waals surface area contributed by atoms with E-state index < -0.39 is 17.6 Å². The van der Waals surface area contributed by atoms with Gasteiger partial charge in [-0.05, 0) is 31.2 Å². The SMILES string of the molecule is CCOC(=O)c1cccc(F)c1COc1cccc(F)c1. The molecule has 21 heavy (non-hydrogen) atoms. The van der Waals surface area contributed by atoms with Crippen molar-refractivity contribution in [3.8, 4) is 5.75 Å². The van der Waals surface area contributed by atoms with E-state index in [2.05, 4.69) is 0 Å². The summed E-state index contributed by atoms with van der Waals surface area (Å²) in [5.41, 5.74) is 0.188. The molecule has 2 aromatic rings. The van der Waals surface area contributed by atoms with Crippen LogP contribution in [0.25, 0.3) is 0 Å². The van der Waals surface area contributed by atoms with Crippen molar-refractivity contribution in [2.45, 2.75) is 13.5 Å². The Hall–Kier alpha value is -2.43. The van der Waals surface area contributed by atoms with Crippen LogP contribution in [0.2, 0.25) is 0 Å². The van der Waals surface area contributed by atoms with Crippen molar-refractivity contribution < 1.29 is 23.0 Å². The Kier molecular flexibility index (Phi) is 4.87. The number of esters is 1. The van der Waals surface area contributed by atoms with Gasteiger partial charge < -0.3 is 9.47 Å². The van der Waals surface area contributed by atoms with Crippen molar-refractivity contribution >= 4 is 5.97 Å². The molecular weight excluding hydrogens is 278 g/mol. The van der Waals surface area contributed by atoms with Crippen LogP contribution in [-0.4, -0.2) is 12.6 Å². The Morgan fingerprint density at radius 2 is 1.90 bits per heavy atom. The first-order valence-electron chi connectivity index (χ1n) is 6.44. The molecule has 5 heteroatoms. The van der Waals surface area contributed by atoms with Crippen LogP contribution in [0, 0.1) is 11.6 Å². The number of hydrogen-bond donors (Lipinski definition) is 0. The van der Waals surface area contributed by atoms with Gasteiger partial charge in [-0.1, -0.05) is 12.1 Å². The smallest absolute Gasteiger partial charge is 0.338 e. The lowest BCUT2D eigenvalue weighted by Gasteiger charge is -2.11. The van der Waals surface area contributed by atoms with Crippen molar-refractivity contribution in [1.29, 1.82) is 0 Å². The quantitative estimate of drug-likeness (QED) is 0.788. The van der Waals surface area contributed by atoms with Gasteiger partial charge in [0, 0.05) is 11.6 Å². The molecule has 0 aliphatic heterocycles. The summed E-state index contributed by atoms with van der Waals surface area (Å²) < 4.78 is 37.1. The zero-order chi connectivity index (χ0) is 15.2. The van der Waals surface area contributed by atoms with Crippen LogP contribution < -0.4 is 4.74 Å². The van der Waals surface area contributed by atoms with Gasteiger partial charge in [0.15, 0.2) is 0 Å². The van der Waals surface area contributed by atoms with Crippen LogP contribution >= 0.6 is 0 Å². The molecule has 2 aromatic carbocycles. The standard InChI is InChI=1S/C16H14F2O3/c1-2-20-16(19)13-7-4-8-15(18)14(13)10-21-12-6-3-5-11(17)9-12/h3-9H,2,10H2,1H3. The molecule has 3 nitrogen and oxygen atoms in total. The molecule has 0 aliphatic rings. The van der Waals surface area contributed by atoms with Gasteiger partial charge in [0.1, 0.15) is 24.0 Å². The molecule has 0 N–H and O–H groups in total. The molecule has 0 fully saturated rings. The average molecular weight is 292 g/mol. The summed E-state index contributed by atoms with van der Waals surface area (Å²) in [4.78, 5) is 11.8. The van der Waals surface area contributed by atoms with Crippen molar-refractivity contribution in [3.05, 3.63) is 65.2 Å². The number of benzene rings is 2. The van der Waals surface area contributed by atoms with Gasteiger partial charge in [-0.25, -0.2) is 13.6 Å². The van der Waals surface area contributed by atoms with Crippen molar-refractivity contribution in [1.82, 2.24) is 0 Å². The summed E-state index contributed by atoms with van der Waals surface area (Å²) in [6.07, 6.45) is 0. The maximum absolute atomic E-state index is 13.9. The maximum Gasteiger partial charge on any atom is 0.338 e. The van der Waals surface area contributed by atoms with E-state index in [4.69, 9.17) is 9.47 Å². The number of hydrogen-bond acceptors (Lipinski definition) is 3. The number of carbonyl (C=O) groups is 1. The average Bonchev–Trinajstić information content (AvgIpc) is 2.46. The Balaban J connectivity index is 2.21. The van der Waals surface area contributed by atoms with Crippen LogP contribution in [0.3, 0.4) is 0 Å². The van der Waals surface area contributed by atoms with Crippen LogP contribution in [0.1, 0.15) is 22.8 Å². The first-order valence-corrected chi connectivity index (χ1v) is 6.44. The molecule has 2 rings (SSSR count). The van der Waals surface area contributed by atoms with E-state index in [1.54, 1.807) is 13.0 Å². The summed E-state index contributed by atoms with van der Waals surface area (Å²) in [5, 5.41) is 0. The summed E-state index contributed by atoms with van der Waals surface area (Å²) in [7, 11) is 0. The summed E-state index contributed by atoms with van der Waals surface area (Å²) in [5.74, 6) is -1.38. The lowest BCUT2D eigenvalue weighted by Crippen LogP contribution is -2.11. The van der Waals surface area contributed by atoms with E-state index in [-0.39, 0.29) is 30.1 Å². The van der Waals surface area contributed by atoms with Gasteiger partial charge in [0.25, 0.3) is 0 Å². The second kappa shape index (κ2) is 6.83. The fraction of sp³-hybridized carbons (Fsp3) is 0.188. The Morgan fingerprint density at radius 1 is 1.14 bits per heavy atom. The first-order chi connectivity index (χ1) is 10.1. The fourth-order valence-electron chi connectivity index (χ4n) is 1.82. The third kappa shape index (κ3) is 3.78. The predicted molar refractivity (Wildman–Crippen MR) is 73.1 cm³/mol. The second-order valence-electron chi connectivity index (χ2n) is 4.23. The van der Waals surface area contributed by atoms with E-state index >= 15 is 0 Å². The molecule has 0 bridgehead atoms. The first kappa shape index (κ1) is 15.0. The second-order valence-corrected chi connectivity index (χ2v) is 4.23. The highest BCUT2D eigenvalue weighted by Gasteiger charge is 2.16. The summed E-state index contributed by atoms with van der Waals surface area (Å²) in [6.45, 7) is 1.67. The molecule has 0 amide bonds. The van der Waals surface area contributed by atoms with Gasteiger partial charge in [0.05, 0.1) is 12.2 Å². The normalized spacial score (nSPS) is 10.2. The molecule has 0 unspecified atom stereocenters. The topological polar surface area (TPSA) is 35.5 Å². The highest BCUT2D eigenvalue weighted by atomic mass is 19.1. The van der Waals surface area contributed by atoms with Gasteiger partial charge >= 0.3 is 5.97 Å². The predicted octanol–water partition coefficient (Wildman–Crippen LogP) is 3.72. The minimum absolute atomic E-state index is 0.0835. The van der Waals surface area contributed by atoms with Crippen LogP contribution in [-0.2, 0) is 11.3 Å². The van der Waals surface area contributed by atoms with Crippen LogP contribution in [0.15, 0.2) is 42.5 Å². The maximum atomic E-state index is 13.9. The van der Waals surface area contributed by atoms with Gasteiger partial charge in [0.2, 0.25) is 0 Å². The van der Waals surface area contributed by atoms with Crippen molar-refractivity contribution in [2.24, 2.45) is 0 Å². The van der Waals surface area contributed by atoms with E-state index in [1.165, 1.54) is 36.4 Å². The number of carbonyl (C=O) groups excluding carboxylic acids is 1. The highest BCUT2D eigenvalue weighted by Crippen LogP contribution is 2.19. The lowest BCUT2D eigenvalue weighted by atomic mass is 10.1. The van der Waals surface area contributed by atoms with Crippen LogP contribution in [0.5, 0.6) is 5.75 Å². The summed E-state index contributed by atoms with van der Waals surface area (Å²) >= 11 is 0. The zero-order valence-electron chi connectivity index (χ0n) is 11.4. The number of halogens is 2. The lowest BCUT2D eigenvalue weighted by molar-refractivity contribution is 0.0522. The van der Waals surface area contributed by atoms with Crippen molar-refractivity contribution in [2.75, 3.05) is 6.61 Å². The third-order valence-electron chi connectivity index (χ3n) is 2.79. The molecule has 0 spiro atoms. The van der Waals surface area contributed by atoms with E-state index in [1.807, 2.05) is 0 Å². The molecule has 0 aliphatic carbocycles. The molecule has 0 radical (unpaired) electrons. The molecular formula is C16H14F2O3. The Bertz CT molecular complexity index is 641. The number of ether oxygens (including phenoxy) is 2. The molecule has 0 heterocycles. The van der Waals surface area contributed by atoms with Gasteiger partial charge in [-0.3, -0.25) is 0 Å². The van der Waals surface area contributed by atoms with Crippen molar-refractivity contribution in [3.63, 3.8) is 0 Å². The number of rotatable bonds is 5. The fourth-order valence-corrected chi connectivity index (χ4v) is 1.82. The Labute approximate surface area is 121 Å². The largest absolute Gasteiger partial charge is 0.489 e. The molecule has 110 valence electrons. The molecule has 0 aromatic heterocycles.